The fourth-order valence-electron chi connectivity index (χ4n) is 2.94. The molecule has 0 fully saturated rings. The second-order valence-corrected chi connectivity index (χ2v) is 8.18. The van der Waals surface area contributed by atoms with Crippen LogP contribution in [0.5, 0.6) is 0 Å². The average molecular weight is 355 g/mol. The lowest BCUT2D eigenvalue weighted by molar-refractivity contribution is -0.932. The molecule has 0 aromatic carbocycles. The Morgan fingerprint density at radius 3 is 1.68 bits per heavy atom. The van der Waals surface area contributed by atoms with Gasteiger partial charge in [0, 0.05) is 12.5 Å². The normalized spacial score (nSPS) is 12.8. The number of rotatable bonds is 16. The molecule has 1 atom stereocenters. The van der Waals surface area contributed by atoms with Crippen molar-refractivity contribution < 1.29 is 14.0 Å². The van der Waals surface area contributed by atoms with Gasteiger partial charge in [-0.15, -0.1) is 0 Å². The number of ether oxygens (including phenoxy) is 1. The monoisotopic (exact) mass is 354 g/mol. The topological polar surface area (TPSA) is 26.3 Å². The molecule has 148 valence electrons. The van der Waals surface area contributed by atoms with E-state index in [2.05, 4.69) is 27.6 Å². The summed E-state index contributed by atoms with van der Waals surface area (Å²) in [6, 6.07) is 0. The number of unbranched alkanes of at least 4 members (excludes halogenated alkanes) is 11. The van der Waals surface area contributed by atoms with Crippen molar-refractivity contribution >= 4 is 5.97 Å². The van der Waals surface area contributed by atoms with Gasteiger partial charge < -0.3 is 4.74 Å². The third-order valence-electron chi connectivity index (χ3n) is 5.20. The van der Waals surface area contributed by atoms with Crippen LogP contribution in [0.15, 0.2) is 12.2 Å². The van der Waals surface area contributed by atoms with E-state index in [1.165, 1.54) is 77.0 Å². The van der Waals surface area contributed by atoms with Gasteiger partial charge in [-0.05, 0) is 19.8 Å². The Morgan fingerprint density at radius 2 is 1.28 bits per heavy atom. The van der Waals surface area contributed by atoms with Gasteiger partial charge in [-0.25, -0.2) is 4.79 Å². The van der Waals surface area contributed by atoms with Crippen LogP contribution < -0.4 is 0 Å². The van der Waals surface area contributed by atoms with Gasteiger partial charge in [-0.3, -0.25) is 4.48 Å². The van der Waals surface area contributed by atoms with Crippen LogP contribution in [0.1, 0.15) is 97.8 Å². The lowest BCUT2D eigenvalue weighted by Gasteiger charge is -2.35. The summed E-state index contributed by atoms with van der Waals surface area (Å²) in [7, 11) is 4.27. The summed E-state index contributed by atoms with van der Waals surface area (Å²) in [6.45, 7) is 10.6. The predicted molar refractivity (Wildman–Crippen MR) is 108 cm³/mol. The van der Waals surface area contributed by atoms with Crippen molar-refractivity contribution in [3.05, 3.63) is 12.2 Å². The van der Waals surface area contributed by atoms with Crippen molar-refractivity contribution in [2.75, 3.05) is 20.6 Å². The third kappa shape index (κ3) is 13.1. The van der Waals surface area contributed by atoms with E-state index in [1.54, 1.807) is 6.92 Å². The fraction of sp³-hybridized carbons (Fsp3) is 0.864. The molecular weight excluding hydrogens is 310 g/mol. The highest BCUT2D eigenvalue weighted by Crippen LogP contribution is 2.15. The SMILES string of the molecule is C=C(C)C(=O)OC(C)[N+](C)(C)CCCCCCCCCCCCCC. The van der Waals surface area contributed by atoms with Gasteiger partial charge >= 0.3 is 5.97 Å². The van der Waals surface area contributed by atoms with Crippen LogP contribution in [0.2, 0.25) is 0 Å². The van der Waals surface area contributed by atoms with Crippen LogP contribution in [-0.4, -0.2) is 37.3 Å². The summed E-state index contributed by atoms with van der Waals surface area (Å²) in [5.41, 5.74) is 0.470. The number of carbonyl (C=O) groups is 1. The van der Waals surface area contributed by atoms with Crippen LogP contribution in [-0.2, 0) is 9.53 Å². The van der Waals surface area contributed by atoms with E-state index in [1.807, 2.05) is 6.92 Å². The van der Waals surface area contributed by atoms with Gasteiger partial charge in [0.1, 0.15) is 0 Å². The smallest absolute Gasteiger partial charge is 0.337 e. The van der Waals surface area contributed by atoms with Gasteiger partial charge in [0.05, 0.1) is 20.6 Å². The highest BCUT2D eigenvalue weighted by molar-refractivity contribution is 5.86. The standard InChI is InChI=1S/C22H44NO2/c1-7-8-9-10-11-12-13-14-15-16-17-18-19-23(5,6)21(4)25-22(24)20(2)3/h21H,2,7-19H2,1,3-6H3/q+1. The second kappa shape index (κ2) is 14.4. The second-order valence-electron chi connectivity index (χ2n) is 8.18. The number of hydrogen-bond acceptors (Lipinski definition) is 2. The molecule has 0 saturated heterocycles. The Hall–Kier alpha value is -0.830. The molecule has 0 rings (SSSR count). The van der Waals surface area contributed by atoms with Crippen LogP contribution >= 0.6 is 0 Å². The Morgan fingerprint density at radius 1 is 0.880 bits per heavy atom. The van der Waals surface area contributed by atoms with Crippen molar-refractivity contribution in [3.63, 3.8) is 0 Å². The zero-order valence-corrected chi connectivity index (χ0v) is 17.7. The first-order valence-electron chi connectivity index (χ1n) is 10.5. The van der Waals surface area contributed by atoms with E-state index in [0.717, 1.165) is 11.0 Å². The van der Waals surface area contributed by atoms with E-state index >= 15 is 0 Å². The number of carbonyl (C=O) groups excluding carboxylic acids is 1. The first-order chi connectivity index (χ1) is 11.8. The summed E-state index contributed by atoms with van der Waals surface area (Å²) >= 11 is 0. The molecule has 1 unspecified atom stereocenters. The lowest BCUT2D eigenvalue weighted by atomic mass is 10.1. The molecule has 25 heavy (non-hydrogen) atoms. The van der Waals surface area contributed by atoms with Crippen LogP contribution in [0.25, 0.3) is 0 Å². The first kappa shape index (κ1) is 24.2. The van der Waals surface area contributed by atoms with Gasteiger partial charge in [-0.1, -0.05) is 77.7 Å². The molecule has 0 N–H and O–H groups in total. The lowest BCUT2D eigenvalue weighted by Crippen LogP contribution is -2.50. The predicted octanol–water partition coefficient (Wildman–Crippen LogP) is 6.23. The molecular formula is C22H44NO2+. The zero-order chi connectivity index (χ0) is 19.1. The van der Waals surface area contributed by atoms with Crippen LogP contribution in [0, 0.1) is 0 Å². The number of hydrogen-bond donors (Lipinski definition) is 0. The number of quaternary nitrogens is 1. The molecule has 0 aromatic heterocycles. The van der Waals surface area contributed by atoms with Crippen LogP contribution in [0.4, 0.5) is 0 Å². The molecule has 0 heterocycles. The highest BCUT2D eigenvalue weighted by atomic mass is 16.6. The fourth-order valence-corrected chi connectivity index (χ4v) is 2.94. The average Bonchev–Trinajstić information content (AvgIpc) is 2.55. The molecule has 0 spiro atoms. The van der Waals surface area contributed by atoms with Crippen molar-refractivity contribution in [1.82, 2.24) is 0 Å². The molecule has 3 heteroatoms. The molecule has 0 radical (unpaired) electrons. The molecule has 0 aromatic rings. The Labute approximate surface area is 157 Å². The van der Waals surface area contributed by atoms with Crippen molar-refractivity contribution in [3.8, 4) is 0 Å². The van der Waals surface area contributed by atoms with E-state index in [0.29, 0.717) is 5.57 Å². The summed E-state index contributed by atoms with van der Waals surface area (Å²) in [4.78, 5) is 11.6. The van der Waals surface area contributed by atoms with Crippen molar-refractivity contribution in [1.29, 1.82) is 0 Å². The van der Waals surface area contributed by atoms with Crippen molar-refractivity contribution in [2.45, 2.75) is 104 Å². The van der Waals surface area contributed by atoms with E-state index in [4.69, 9.17) is 4.74 Å². The van der Waals surface area contributed by atoms with Gasteiger partial charge in [0.25, 0.3) is 0 Å². The van der Waals surface area contributed by atoms with E-state index in [-0.39, 0.29) is 12.2 Å². The summed E-state index contributed by atoms with van der Waals surface area (Å²) in [6.07, 6.45) is 16.3. The number of esters is 1. The summed E-state index contributed by atoms with van der Waals surface area (Å²) < 4.78 is 6.19. The minimum Gasteiger partial charge on any atom is -0.409 e. The molecule has 0 aliphatic carbocycles. The van der Waals surface area contributed by atoms with E-state index in [9.17, 15) is 4.79 Å². The summed E-state index contributed by atoms with van der Waals surface area (Å²) in [5, 5.41) is 0. The highest BCUT2D eigenvalue weighted by Gasteiger charge is 2.26. The first-order valence-corrected chi connectivity index (χ1v) is 10.5. The molecule has 0 aliphatic rings. The molecule has 0 saturated carbocycles. The molecule has 0 aliphatic heterocycles. The minimum absolute atomic E-state index is 0.128. The Kier molecular flexibility index (Phi) is 13.9. The van der Waals surface area contributed by atoms with Gasteiger partial charge in [0.15, 0.2) is 0 Å². The maximum Gasteiger partial charge on any atom is 0.337 e. The Bertz CT molecular complexity index is 363. The third-order valence-corrected chi connectivity index (χ3v) is 5.20. The summed E-state index contributed by atoms with van der Waals surface area (Å²) in [5.74, 6) is -0.284. The number of nitrogens with zero attached hydrogens (tertiary/aromatic N) is 1. The quantitative estimate of drug-likeness (QED) is 0.108. The molecule has 3 nitrogen and oxygen atoms in total. The maximum absolute atomic E-state index is 11.6. The van der Waals surface area contributed by atoms with Gasteiger partial charge in [0.2, 0.25) is 6.23 Å². The van der Waals surface area contributed by atoms with Crippen molar-refractivity contribution in [2.24, 2.45) is 0 Å². The van der Waals surface area contributed by atoms with Gasteiger partial charge in [-0.2, -0.15) is 0 Å². The Balaban J connectivity index is 3.60. The van der Waals surface area contributed by atoms with E-state index < -0.39 is 0 Å². The largest absolute Gasteiger partial charge is 0.409 e. The minimum atomic E-state index is -0.284. The molecule has 0 bridgehead atoms. The maximum atomic E-state index is 11.6. The molecule has 0 amide bonds. The zero-order valence-electron chi connectivity index (χ0n) is 17.7. The van der Waals surface area contributed by atoms with Crippen LogP contribution in [0.3, 0.4) is 0 Å².